The second-order valence-corrected chi connectivity index (χ2v) is 10.6. The van der Waals surface area contributed by atoms with Crippen LogP contribution in [-0.2, 0) is 9.47 Å². The van der Waals surface area contributed by atoms with Crippen molar-refractivity contribution >= 4 is 0 Å². The monoisotopic (exact) mass is 464 g/mol. The summed E-state index contributed by atoms with van der Waals surface area (Å²) in [6.45, 7) is 4.60. The number of unbranched alkanes of at least 4 members (excludes halogenated alkanes) is 1. The molecule has 0 amide bonds. The van der Waals surface area contributed by atoms with E-state index in [0.717, 1.165) is 31.6 Å². The zero-order valence-corrected chi connectivity index (χ0v) is 20.1. The van der Waals surface area contributed by atoms with Crippen LogP contribution in [0.15, 0.2) is 0 Å². The first-order valence-electron chi connectivity index (χ1n) is 13.3. The lowest BCUT2D eigenvalue weighted by Crippen LogP contribution is -2.50. The third kappa shape index (κ3) is 6.84. The van der Waals surface area contributed by atoms with Gasteiger partial charge in [0.15, 0.2) is 12.3 Å². The van der Waals surface area contributed by atoms with Gasteiger partial charge in [0.1, 0.15) is 0 Å². The third-order valence-corrected chi connectivity index (χ3v) is 8.39. The maximum Gasteiger partial charge on any atom is 0.358 e. The second-order valence-electron chi connectivity index (χ2n) is 10.6. The van der Waals surface area contributed by atoms with Gasteiger partial charge in [0, 0.05) is 6.61 Å². The molecule has 3 rings (SSSR count). The van der Waals surface area contributed by atoms with Crippen molar-refractivity contribution in [1.82, 2.24) is 0 Å². The fourth-order valence-electron chi connectivity index (χ4n) is 6.32. The number of halogens is 4. The highest BCUT2D eigenvalue weighted by Crippen LogP contribution is 2.46. The fourth-order valence-corrected chi connectivity index (χ4v) is 6.32. The van der Waals surface area contributed by atoms with Crippen LogP contribution in [0.4, 0.5) is 17.6 Å². The van der Waals surface area contributed by atoms with Crippen molar-refractivity contribution in [3.63, 3.8) is 0 Å². The van der Waals surface area contributed by atoms with Crippen molar-refractivity contribution in [2.45, 2.75) is 134 Å². The van der Waals surface area contributed by atoms with Crippen LogP contribution in [0.2, 0.25) is 0 Å². The van der Waals surface area contributed by atoms with Crippen molar-refractivity contribution in [3.8, 4) is 0 Å². The van der Waals surface area contributed by atoms with E-state index in [0.29, 0.717) is 31.3 Å². The number of hydrogen-bond donors (Lipinski definition) is 0. The van der Waals surface area contributed by atoms with Crippen LogP contribution < -0.4 is 0 Å². The Kier molecular flexibility index (Phi) is 10.2. The van der Waals surface area contributed by atoms with E-state index in [-0.39, 0.29) is 12.8 Å². The van der Waals surface area contributed by atoms with Gasteiger partial charge in [-0.05, 0) is 75.5 Å². The normalized spacial score (nSPS) is 39.2. The minimum atomic E-state index is -3.39. The van der Waals surface area contributed by atoms with Crippen molar-refractivity contribution in [1.29, 1.82) is 0 Å². The molecule has 188 valence electrons. The van der Waals surface area contributed by atoms with Gasteiger partial charge in [-0.25, -0.2) is 8.78 Å². The van der Waals surface area contributed by atoms with Gasteiger partial charge in [-0.1, -0.05) is 46.0 Å². The van der Waals surface area contributed by atoms with E-state index >= 15 is 0 Å². The Morgan fingerprint density at radius 2 is 1.28 bits per heavy atom. The average Bonchev–Trinajstić information content (AvgIpc) is 2.79. The zero-order chi connectivity index (χ0) is 23.1. The third-order valence-electron chi connectivity index (χ3n) is 8.39. The van der Waals surface area contributed by atoms with Gasteiger partial charge >= 0.3 is 6.11 Å². The molecule has 4 unspecified atom stereocenters. The molecule has 0 aromatic heterocycles. The summed E-state index contributed by atoms with van der Waals surface area (Å²) >= 11 is 0. The Bertz CT molecular complexity index is 530. The summed E-state index contributed by atoms with van der Waals surface area (Å²) in [6.07, 6.45) is 2.40. The van der Waals surface area contributed by atoms with Crippen LogP contribution in [0, 0.1) is 23.7 Å². The molecular formula is C26H44F4O2. The highest BCUT2D eigenvalue weighted by atomic mass is 19.3. The van der Waals surface area contributed by atoms with Crippen LogP contribution in [0.25, 0.3) is 0 Å². The number of ether oxygens (including phenoxy) is 2. The Morgan fingerprint density at radius 1 is 0.719 bits per heavy atom. The first-order valence-corrected chi connectivity index (χ1v) is 13.3. The predicted octanol–water partition coefficient (Wildman–Crippen LogP) is 8.03. The molecule has 0 saturated heterocycles. The van der Waals surface area contributed by atoms with Gasteiger partial charge < -0.3 is 9.47 Å². The standard InChI is InChI=1S/C26H44F4O2/c1-3-5-17-31-22-15-16-23(25(28)24(22)27)32-26(29,30)21-13-11-20(12-14-21)19-9-7-18(6-4-2)8-10-19/h18-25H,3-17H2,1-2H3. The molecule has 0 aromatic rings. The molecule has 2 nitrogen and oxygen atoms in total. The molecule has 3 aliphatic rings. The van der Waals surface area contributed by atoms with Crippen molar-refractivity contribution in [3.05, 3.63) is 0 Å². The molecule has 0 radical (unpaired) electrons. The van der Waals surface area contributed by atoms with Crippen molar-refractivity contribution < 1.29 is 27.0 Å². The Labute approximate surface area is 192 Å². The minimum Gasteiger partial charge on any atom is -0.375 e. The lowest BCUT2D eigenvalue weighted by molar-refractivity contribution is -0.314. The Balaban J connectivity index is 1.43. The molecule has 3 saturated carbocycles. The molecule has 0 spiro atoms. The second kappa shape index (κ2) is 12.4. The van der Waals surface area contributed by atoms with E-state index in [1.54, 1.807) is 0 Å². The number of alkyl halides is 4. The highest BCUT2D eigenvalue weighted by molar-refractivity contribution is 4.92. The van der Waals surface area contributed by atoms with E-state index in [4.69, 9.17) is 9.47 Å². The molecule has 3 aliphatic carbocycles. The summed E-state index contributed by atoms with van der Waals surface area (Å²) in [7, 11) is 0. The molecular weight excluding hydrogens is 420 g/mol. The Hall–Kier alpha value is -0.360. The van der Waals surface area contributed by atoms with E-state index < -0.39 is 36.6 Å². The van der Waals surface area contributed by atoms with Gasteiger partial charge in [0.2, 0.25) is 0 Å². The molecule has 0 N–H and O–H groups in total. The summed E-state index contributed by atoms with van der Waals surface area (Å²) < 4.78 is 69.3. The molecule has 0 aliphatic heterocycles. The molecule has 0 aromatic carbocycles. The van der Waals surface area contributed by atoms with Crippen LogP contribution in [0.5, 0.6) is 0 Å². The predicted molar refractivity (Wildman–Crippen MR) is 119 cm³/mol. The maximum absolute atomic E-state index is 14.9. The summed E-state index contributed by atoms with van der Waals surface area (Å²) in [4.78, 5) is 0. The Morgan fingerprint density at radius 3 is 1.88 bits per heavy atom. The highest BCUT2D eigenvalue weighted by Gasteiger charge is 2.50. The summed E-state index contributed by atoms with van der Waals surface area (Å²) in [6, 6.07) is 0. The van der Waals surface area contributed by atoms with Crippen molar-refractivity contribution in [2.75, 3.05) is 6.61 Å². The summed E-state index contributed by atoms with van der Waals surface area (Å²) in [5, 5.41) is 0. The van der Waals surface area contributed by atoms with Gasteiger partial charge in [0.25, 0.3) is 0 Å². The first kappa shape index (κ1) is 26.2. The fraction of sp³-hybridized carbons (Fsp3) is 1.00. The molecule has 0 bridgehead atoms. The SMILES string of the molecule is CCCCOC1CCC(OC(F)(F)C2CCC(C3CCC(CCC)CC3)CC2)C(F)C1F. The molecule has 6 heteroatoms. The van der Waals surface area contributed by atoms with E-state index in [1.165, 1.54) is 38.5 Å². The minimum absolute atomic E-state index is 0.0737. The topological polar surface area (TPSA) is 18.5 Å². The van der Waals surface area contributed by atoms with Crippen LogP contribution in [0.1, 0.15) is 104 Å². The van der Waals surface area contributed by atoms with Crippen LogP contribution in [-0.4, -0.2) is 37.3 Å². The van der Waals surface area contributed by atoms with Gasteiger partial charge in [0.05, 0.1) is 18.1 Å². The number of rotatable bonds is 10. The smallest absolute Gasteiger partial charge is 0.358 e. The zero-order valence-electron chi connectivity index (χ0n) is 20.1. The van der Waals surface area contributed by atoms with Gasteiger partial charge in [-0.3, -0.25) is 0 Å². The number of hydrogen-bond acceptors (Lipinski definition) is 2. The summed E-state index contributed by atoms with van der Waals surface area (Å²) in [5.74, 6) is 1.16. The van der Waals surface area contributed by atoms with Crippen LogP contribution >= 0.6 is 0 Å². The lowest BCUT2D eigenvalue weighted by atomic mass is 9.68. The largest absolute Gasteiger partial charge is 0.375 e. The summed E-state index contributed by atoms with van der Waals surface area (Å²) in [5.41, 5.74) is 0. The molecule has 32 heavy (non-hydrogen) atoms. The molecule has 3 fully saturated rings. The molecule has 4 atom stereocenters. The lowest BCUT2D eigenvalue weighted by Gasteiger charge is -2.41. The van der Waals surface area contributed by atoms with Gasteiger partial charge in [-0.15, -0.1) is 0 Å². The molecule has 0 heterocycles. The van der Waals surface area contributed by atoms with E-state index in [2.05, 4.69) is 6.92 Å². The maximum atomic E-state index is 14.9. The first-order chi connectivity index (χ1) is 15.4. The van der Waals surface area contributed by atoms with E-state index in [9.17, 15) is 17.6 Å². The van der Waals surface area contributed by atoms with E-state index in [1.807, 2.05) is 6.92 Å². The van der Waals surface area contributed by atoms with Crippen molar-refractivity contribution in [2.24, 2.45) is 23.7 Å². The average molecular weight is 465 g/mol. The van der Waals surface area contributed by atoms with Crippen LogP contribution in [0.3, 0.4) is 0 Å². The van der Waals surface area contributed by atoms with Gasteiger partial charge in [-0.2, -0.15) is 8.78 Å². The quantitative estimate of drug-likeness (QED) is 0.241.